The molecular weight excluding hydrogens is 440 g/mol. The van der Waals surface area contributed by atoms with Gasteiger partial charge in [0, 0.05) is 12.4 Å². The van der Waals surface area contributed by atoms with Gasteiger partial charge in [0.1, 0.15) is 0 Å². The molecule has 4 unspecified atom stereocenters. The number of hydrogen-bond acceptors (Lipinski definition) is 2. The molecule has 3 heteroatoms. The molecule has 1 aliphatic carbocycles. The molecule has 4 atom stereocenters. The second kappa shape index (κ2) is 8.26. The molecule has 0 bridgehead atoms. The van der Waals surface area contributed by atoms with E-state index in [2.05, 4.69) is 117 Å². The zero-order chi connectivity index (χ0) is 24.5. The average molecular weight is 481 g/mol. The van der Waals surface area contributed by atoms with E-state index < -0.39 is 8.07 Å². The second-order valence-corrected chi connectivity index (χ2v) is 17.5. The maximum Gasteiger partial charge on any atom is 0.0798 e. The topological polar surface area (TPSA) is 6.48 Å². The predicted molar refractivity (Wildman–Crippen MR) is 150 cm³/mol. The van der Waals surface area contributed by atoms with Gasteiger partial charge in [-0.1, -0.05) is 82.1 Å². The van der Waals surface area contributed by atoms with Crippen LogP contribution in [0.15, 0.2) is 94.5 Å². The lowest BCUT2D eigenvalue weighted by Gasteiger charge is -2.44. The number of benzene rings is 1. The Hall–Kier alpha value is -2.52. The molecule has 0 aromatic heterocycles. The molecule has 35 heavy (non-hydrogen) atoms. The third-order valence-corrected chi connectivity index (χ3v) is 10.7. The van der Waals surface area contributed by atoms with Crippen molar-refractivity contribution in [1.29, 1.82) is 0 Å². The summed E-state index contributed by atoms with van der Waals surface area (Å²) in [5.74, 6) is 0.677. The highest BCUT2D eigenvalue weighted by Gasteiger charge is 2.51. The van der Waals surface area contributed by atoms with E-state index in [-0.39, 0.29) is 0 Å². The summed E-state index contributed by atoms with van der Waals surface area (Å²) in [6.45, 7) is 14.8. The molecule has 0 spiro atoms. The van der Waals surface area contributed by atoms with Crippen molar-refractivity contribution in [3.8, 4) is 0 Å². The molecule has 4 heterocycles. The highest BCUT2D eigenvalue weighted by molar-refractivity contribution is 6.84. The Kier molecular flexibility index (Phi) is 5.41. The lowest BCUT2D eigenvalue weighted by atomic mass is 9.85. The molecule has 0 N–H and O–H groups in total. The van der Waals surface area contributed by atoms with Crippen molar-refractivity contribution in [3.63, 3.8) is 0 Å². The molecule has 2 nitrogen and oxygen atoms in total. The summed E-state index contributed by atoms with van der Waals surface area (Å²) >= 11 is 0. The summed E-state index contributed by atoms with van der Waals surface area (Å²) < 4.78 is 0. The molecule has 0 amide bonds. The summed E-state index contributed by atoms with van der Waals surface area (Å²) in [5.41, 5.74) is 9.54. The van der Waals surface area contributed by atoms with Crippen molar-refractivity contribution >= 4 is 8.07 Å². The van der Waals surface area contributed by atoms with Crippen LogP contribution >= 0.6 is 0 Å². The van der Waals surface area contributed by atoms with Crippen LogP contribution in [0.2, 0.25) is 19.6 Å². The fourth-order valence-corrected chi connectivity index (χ4v) is 9.01. The molecule has 0 saturated carbocycles. The number of fused-ring (bicyclic) bond motifs is 5. The Balaban J connectivity index is 1.54. The van der Waals surface area contributed by atoms with Gasteiger partial charge in [0.25, 0.3) is 0 Å². The van der Waals surface area contributed by atoms with Crippen molar-refractivity contribution in [2.45, 2.75) is 83.8 Å². The van der Waals surface area contributed by atoms with Crippen LogP contribution in [0.5, 0.6) is 0 Å². The SMILES string of the molecule is CC1=C(CC(C)C)C([Si](C)(C)C)=CN2C1C1=C(C=CCC1)C2C1c2ccccc2C2C=CC=CN21. The number of allylic oxidation sites excluding steroid dienone is 5. The largest absolute Gasteiger partial charge is 0.358 e. The first kappa shape index (κ1) is 22.9. The maximum absolute atomic E-state index is 2.81. The van der Waals surface area contributed by atoms with Gasteiger partial charge in [-0.3, -0.25) is 0 Å². The van der Waals surface area contributed by atoms with E-state index in [1.807, 2.05) is 0 Å². The molecule has 0 radical (unpaired) electrons. The summed E-state index contributed by atoms with van der Waals surface area (Å²) in [6, 6.07) is 10.6. The molecule has 0 saturated heterocycles. The summed E-state index contributed by atoms with van der Waals surface area (Å²) in [5, 5.41) is 1.67. The Morgan fingerprint density at radius 3 is 2.51 bits per heavy atom. The molecular formula is C32H40N2Si. The minimum Gasteiger partial charge on any atom is -0.358 e. The molecule has 1 aromatic carbocycles. The zero-order valence-corrected chi connectivity index (χ0v) is 23.3. The van der Waals surface area contributed by atoms with Crippen LogP contribution in [0, 0.1) is 5.92 Å². The van der Waals surface area contributed by atoms with E-state index in [9.17, 15) is 0 Å². The Morgan fingerprint density at radius 2 is 1.77 bits per heavy atom. The van der Waals surface area contributed by atoms with E-state index in [4.69, 9.17) is 0 Å². The first-order valence-electron chi connectivity index (χ1n) is 13.6. The molecule has 1 aromatic rings. The van der Waals surface area contributed by atoms with Gasteiger partial charge in [-0.2, -0.15) is 0 Å². The molecule has 0 fully saturated rings. The third kappa shape index (κ3) is 3.49. The third-order valence-electron chi connectivity index (χ3n) is 8.66. The van der Waals surface area contributed by atoms with Gasteiger partial charge < -0.3 is 9.80 Å². The van der Waals surface area contributed by atoms with Crippen LogP contribution in [-0.2, 0) is 0 Å². The fraction of sp³-hybridized carbons (Fsp3) is 0.438. The van der Waals surface area contributed by atoms with E-state index >= 15 is 0 Å². The van der Waals surface area contributed by atoms with E-state index in [1.54, 1.807) is 27.5 Å². The number of nitrogens with zero attached hydrogens (tertiary/aromatic N) is 2. The van der Waals surface area contributed by atoms with Crippen molar-refractivity contribution in [3.05, 3.63) is 106 Å². The number of hydrogen-bond donors (Lipinski definition) is 0. The molecule has 6 rings (SSSR count). The van der Waals surface area contributed by atoms with Crippen molar-refractivity contribution in [1.82, 2.24) is 9.80 Å². The minimum atomic E-state index is -1.53. The molecule has 5 aliphatic rings. The first-order chi connectivity index (χ1) is 16.8. The summed E-state index contributed by atoms with van der Waals surface area (Å²) in [6.07, 6.45) is 20.3. The quantitative estimate of drug-likeness (QED) is 0.403. The van der Waals surface area contributed by atoms with E-state index in [0.29, 0.717) is 30.1 Å². The fourth-order valence-electron chi connectivity index (χ4n) is 7.27. The monoisotopic (exact) mass is 480 g/mol. The summed E-state index contributed by atoms with van der Waals surface area (Å²) in [7, 11) is -1.53. The van der Waals surface area contributed by atoms with Gasteiger partial charge in [0.05, 0.1) is 32.2 Å². The van der Waals surface area contributed by atoms with Crippen LogP contribution < -0.4 is 0 Å². The Bertz CT molecular complexity index is 1230. The average Bonchev–Trinajstić information content (AvgIpc) is 3.32. The molecule has 4 aliphatic heterocycles. The van der Waals surface area contributed by atoms with Crippen LogP contribution in [-0.4, -0.2) is 30.0 Å². The van der Waals surface area contributed by atoms with Crippen molar-refractivity contribution in [2.75, 3.05) is 0 Å². The van der Waals surface area contributed by atoms with Gasteiger partial charge in [0.15, 0.2) is 0 Å². The van der Waals surface area contributed by atoms with Crippen LogP contribution in [0.4, 0.5) is 0 Å². The zero-order valence-electron chi connectivity index (χ0n) is 22.3. The highest BCUT2D eigenvalue weighted by atomic mass is 28.3. The van der Waals surface area contributed by atoms with Gasteiger partial charge in [0.2, 0.25) is 0 Å². The standard InChI is InChI=1S/C32H40N2Si/c1-21(2)19-27-22(3)30-25-15-9-10-16-26(25)32(34(30)20-29(27)35(4,5)6)31-24-14-8-7-13-23(24)28-17-11-12-18-33(28)31/h7-8,10-14,16-18,20-21,28,30-32H,9,15,19H2,1-6H3. The predicted octanol–water partition coefficient (Wildman–Crippen LogP) is 8.00. The van der Waals surface area contributed by atoms with Crippen LogP contribution in [0.25, 0.3) is 0 Å². The maximum atomic E-state index is 2.81. The van der Waals surface area contributed by atoms with E-state index in [0.717, 1.165) is 0 Å². The van der Waals surface area contributed by atoms with E-state index in [1.165, 1.54) is 30.4 Å². The van der Waals surface area contributed by atoms with Gasteiger partial charge in [-0.15, -0.1) is 0 Å². The van der Waals surface area contributed by atoms with Gasteiger partial charge in [-0.25, -0.2) is 0 Å². The number of rotatable bonds is 4. The lowest BCUT2D eigenvalue weighted by Crippen LogP contribution is -2.46. The minimum absolute atomic E-state index is 0.328. The van der Waals surface area contributed by atoms with Crippen molar-refractivity contribution in [2.24, 2.45) is 5.92 Å². The first-order valence-corrected chi connectivity index (χ1v) is 17.1. The van der Waals surface area contributed by atoms with Crippen molar-refractivity contribution < 1.29 is 0 Å². The van der Waals surface area contributed by atoms with Gasteiger partial charge >= 0.3 is 0 Å². The second-order valence-electron chi connectivity index (χ2n) is 12.5. The van der Waals surface area contributed by atoms with Crippen LogP contribution in [0.3, 0.4) is 0 Å². The Morgan fingerprint density at radius 1 is 1.00 bits per heavy atom. The lowest BCUT2D eigenvalue weighted by molar-refractivity contribution is 0.166. The Labute approximate surface area is 213 Å². The van der Waals surface area contributed by atoms with Crippen LogP contribution in [0.1, 0.15) is 63.2 Å². The normalized spacial score (nSPS) is 29.1. The highest BCUT2D eigenvalue weighted by Crippen LogP contribution is 2.55. The summed E-state index contributed by atoms with van der Waals surface area (Å²) in [4.78, 5) is 5.44. The van der Waals surface area contributed by atoms with Gasteiger partial charge in [-0.05, 0) is 76.8 Å². The molecule has 182 valence electrons. The smallest absolute Gasteiger partial charge is 0.0798 e.